The molecule has 4 nitrogen and oxygen atoms in total. The summed E-state index contributed by atoms with van der Waals surface area (Å²) >= 11 is 0. The van der Waals surface area contributed by atoms with E-state index in [2.05, 4.69) is 70.5 Å². The van der Waals surface area contributed by atoms with E-state index >= 15 is 0 Å². The Kier molecular flexibility index (Phi) is 6.59. The van der Waals surface area contributed by atoms with Crippen LogP contribution in [0.4, 0.5) is 10.5 Å². The van der Waals surface area contributed by atoms with Gasteiger partial charge in [0, 0.05) is 31.9 Å². The number of benzene rings is 2. The van der Waals surface area contributed by atoms with Gasteiger partial charge < -0.3 is 4.90 Å². The fraction of sp³-hybridized carbons (Fsp3) is 0.464. The highest BCUT2D eigenvalue weighted by Gasteiger charge is 2.30. The Bertz CT molecular complexity index is 940. The second kappa shape index (κ2) is 9.91. The lowest BCUT2D eigenvalue weighted by Crippen LogP contribution is -2.48. The van der Waals surface area contributed by atoms with Crippen molar-refractivity contribution in [3.8, 4) is 0 Å². The largest absolute Gasteiger partial charge is 0.324 e. The van der Waals surface area contributed by atoms with Crippen LogP contribution in [0, 0.1) is 0 Å². The fourth-order valence-electron chi connectivity index (χ4n) is 5.52. The number of piperidine rings is 1. The first-order valence-corrected chi connectivity index (χ1v) is 12.4. The summed E-state index contributed by atoms with van der Waals surface area (Å²) in [7, 11) is 0. The molecule has 2 aromatic rings. The van der Waals surface area contributed by atoms with E-state index < -0.39 is 0 Å². The molecular formula is C28H35N3O. The summed E-state index contributed by atoms with van der Waals surface area (Å²) in [5.41, 5.74) is 5.09. The van der Waals surface area contributed by atoms with Crippen LogP contribution in [-0.4, -0.2) is 55.1 Å². The van der Waals surface area contributed by atoms with E-state index in [4.69, 9.17) is 0 Å². The lowest BCUT2D eigenvalue weighted by atomic mass is 9.89. The van der Waals surface area contributed by atoms with Crippen LogP contribution in [0.3, 0.4) is 0 Å². The monoisotopic (exact) mass is 429 g/mol. The molecule has 0 bridgehead atoms. The summed E-state index contributed by atoms with van der Waals surface area (Å²) in [4.78, 5) is 20.0. The van der Waals surface area contributed by atoms with Gasteiger partial charge in [-0.3, -0.25) is 9.80 Å². The van der Waals surface area contributed by atoms with Crippen molar-refractivity contribution in [2.45, 2.75) is 44.4 Å². The van der Waals surface area contributed by atoms with Gasteiger partial charge in [-0.2, -0.15) is 0 Å². The van der Waals surface area contributed by atoms with E-state index in [1.807, 2.05) is 4.90 Å². The van der Waals surface area contributed by atoms with Gasteiger partial charge in [0.15, 0.2) is 0 Å². The number of carbonyl (C=O) groups is 1. The van der Waals surface area contributed by atoms with Gasteiger partial charge in [-0.25, -0.2) is 4.79 Å². The zero-order valence-electron chi connectivity index (χ0n) is 19.1. The first-order chi connectivity index (χ1) is 15.8. The first kappa shape index (κ1) is 21.3. The zero-order valence-corrected chi connectivity index (χ0v) is 19.1. The Morgan fingerprint density at radius 1 is 0.906 bits per heavy atom. The molecule has 0 spiro atoms. The summed E-state index contributed by atoms with van der Waals surface area (Å²) in [6, 6.07) is 17.6. The molecule has 0 unspecified atom stereocenters. The predicted molar refractivity (Wildman–Crippen MR) is 132 cm³/mol. The minimum absolute atomic E-state index is 0.190. The molecule has 5 rings (SSSR count). The van der Waals surface area contributed by atoms with Gasteiger partial charge in [-0.05, 0) is 86.4 Å². The number of likely N-dealkylation sites (tertiary alicyclic amines) is 2. The second-order valence-corrected chi connectivity index (χ2v) is 9.51. The zero-order chi connectivity index (χ0) is 21.8. The molecule has 168 valence electrons. The Balaban J connectivity index is 1.22. The number of amides is 2. The number of rotatable bonds is 4. The van der Waals surface area contributed by atoms with Gasteiger partial charge >= 0.3 is 6.03 Å². The average Bonchev–Trinajstić information content (AvgIpc) is 3.37. The Morgan fingerprint density at radius 2 is 1.69 bits per heavy atom. The molecule has 32 heavy (non-hydrogen) atoms. The normalized spacial score (nSPS) is 20.1. The number of nitrogens with zero attached hydrogens (tertiary/aromatic N) is 3. The molecule has 3 aliphatic heterocycles. The van der Waals surface area contributed by atoms with Crippen LogP contribution in [-0.2, 0) is 6.42 Å². The summed E-state index contributed by atoms with van der Waals surface area (Å²) in [5.74, 6) is 0.573. The van der Waals surface area contributed by atoms with Gasteiger partial charge in [-0.15, -0.1) is 0 Å². The van der Waals surface area contributed by atoms with Crippen molar-refractivity contribution in [1.82, 2.24) is 9.80 Å². The molecule has 0 aromatic heterocycles. The van der Waals surface area contributed by atoms with Gasteiger partial charge in [0.25, 0.3) is 0 Å². The SMILES string of the molecule is O=C(N1CCC(c2ccccc2)CC1)N1CCCc2cc(C=CCN3CCCC3)ccc21. The summed E-state index contributed by atoms with van der Waals surface area (Å²) < 4.78 is 0. The fourth-order valence-corrected chi connectivity index (χ4v) is 5.52. The molecule has 2 amide bonds. The number of fused-ring (bicyclic) bond motifs is 1. The van der Waals surface area contributed by atoms with Crippen molar-refractivity contribution in [1.29, 1.82) is 0 Å². The molecule has 2 aromatic carbocycles. The van der Waals surface area contributed by atoms with Gasteiger partial charge in [-0.1, -0.05) is 48.6 Å². The van der Waals surface area contributed by atoms with Gasteiger partial charge in [0.05, 0.1) is 0 Å². The Morgan fingerprint density at radius 3 is 2.47 bits per heavy atom. The van der Waals surface area contributed by atoms with Crippen molar-refractivity contribution in [2.24, 2.45) is 0 Å². The van der Waals surface area contributed by atoms with Gasteiger partial charge in [0.2, 0.25) is 0 Å². The lowest BCUT2D eigenvalue weighted by Gasteiger charge is -2.38. The number of urea groups is 1. The van der Waals surface area contributed by atoms with Crippen LogP contribution in [0.15, 0.2) is 54.6 Å². The van der Waals surface area contributed by atoms with E-state index in [1.54, 1.807) is 0 Å². The first-order valence-electron chi connectivity index (χ1n) is 12.4. The van der Waals surface area contributed by atoms with Crippen LogP contribution in [0.25, 0.3) is 6.08 Å². The summed E-state index contributed by atoms with van der Waals surface area (Å²) in [6.07, 6.45) is 11.4. The molecule has 4 heteroatoms. The quantitative estimate of drug-likeness (QED) is 0.637. The molecule has 3 heterocycles. The van der Waals surface area contributed by atoms with Crippen molar-refractivity contribution in [3.05, 3.63) is 71.3 Å². The van der Waals surface area contributed by atoms with Crippen LogP contribution >= 0.6 is 0 Å². The van der Waals surface area contributed by atoms with Crippen molar-refractivity contribution < 1.29 is 4.79 Å². The number of aryl methyl sites for hydroxylation is 1. The number of carbonyl (C=O) groups excluding carboxylic acids is 1. The Hall–Kier alpha value is -2.59. The van der Waals surface area contributed by atoms with E-state index in [0.717, 1.165) is 57.5 Å². The third kappa shape index (κ3) is 4.75. The molecular weight excluding hydrogens is 394 g/mol. The van der Waals surface area contributed by atoms with Crippen LogP contribution in [0.1, 0.15) is 54.7 Å². The summed E-state index contributed by atoms with van der Waals surface area (Å²) in [6.45, 7) is 6.03. The topological polar surface area (TPSA) is 26.8 Å². The predicted octanol–water partition coefficient (Wildman–Crippen LogP) is 5.55. The minimum Gasteiger partial charge on any atom is -0.324 e. The van der Waals surface area contributed by atoms with Crippen molar-refractivity contribution in [3.63, 3.8) is 0 Å². The second-order valence-electron chi connectivity index (χ2n) is 9.51. The number of hydrogen-bond donors (Lipinski definition) is 0. The highest BCUT2D eigenvalue weighted by atomic mass is 16.2. The molecule has 0 radical (unpaired) electrons. The van der Waals surface area contributed by atoms with E-state index in [1.165, 1.54) is 42.6 Å². The third-order valence-electron chi connectivity index (χ3n) is 7.36. The number of hydrogen-bond acceptors (Lipinski definition) is 2. The maximum absolute atomic E-state index is 13.4. The molecule has 2 fully saturated rings. The third-order valence-corrected chi connectivity index (χ3v) is 7.36. The molecule has 2 saturated heterocycles. The van der Waals surface area contributed by atoms with Crippen LogP contribution in [0.2, 0.25) is 0 Å². The molecule has 0 N–H and O–H groups in total. The maximum Gasteiger partial charge on any atom is 0.324 e. The molecule has 0 aliphatic carbocycles. The van der Waals surface area contributed by atoms with Crippen LogP contribution < -0.4 is 4.90 Å². The maximum atomic E-state index is 13.4. The van der Waals surface area contributed by atoms with Crippen molar-refractivity contribution >= 4 is 17.8 Å². The smallest absolute Gasteiger partial charge is 0.324 e. The van der Waals surface area contributed by atoms with Crippen molar-refractivity contribution in [2.75, 3.05) is 44.2 Å². The average molecular weight is 430 g/mol. The summed E-state index contributed by atoms with van der Waals surface area (Å²) in [5, 5.41) is 0. The Labute approximate surface area is 192 Å². The number of anilines is 1. The molecule has 0 saturated carbocycles. The molecule has 0 atom stereocenters. The highest BCUT2D eigenvalue weighted by Crippen LogP contribution is 2.32. The van der Waals surface area contributed by atoms with E-state index in [0.29, 0.717) is 5.92 Å². The van der Waals surface area contributed by atoms with E-state index in [9.17, 15) is 4.79 Å². The molecule has 3 aliphatic rings. The van der Waals surface area contributed by atoms with Gasteiger partial charge in [0.1, 0.15) is 0 Å². The highest BCUT2D eigenvalue weighted by molar-refractivity contribution is 5.93. The standard InChI is InChI=1S/C28H35N3O/c32-28(30-20-14-25(15-21-30)24-9-2-1-3-10-24)31-19-7-11-26-22-23(12-13-27(26)31)8-6-18-29-16-4-5-17-29/h1-3,6,8-10,12-13,22,25H,4-5,7,11,14-21H2. The van der Waals surface area contributed by atoms with Crippen LogP contribution in [0.5, 0.6) is 0 Å². The lowest BCUT2D eigenvalue weighted by molar-refractivity contribution is 0.187. The minimum atomic E-state index is 0.190. The van der Waals surface area contributed by atoms with E-state index in [-0.39, 0.29) is 6.03 Å².